The van der Waals surface area contributed by atoms with Gasteiger partial charge in [0, 0.05) is 39.0 Å². The van der Waals surface area contributed by atoms with Gasteiger partial charge in [-0.25, -0.2) is 4.79 Å². The predicted octanol–water partition coefficient (Wildman–Crippen LogP) is 2.35. The van der Waals surface area contributed by atoms with E-state index < -0.39 is 5.60 Å². The van der Waals surface area contributed by atoms with E-state index in [0.717, 1.165) is 12.8 Å². The van der Waals surface area contributed by atoms with Crippen molar-refractivity contribution in [3.63, 3.8) is 0 Å². The van der Waals surface area contributed by atoms with E-state index >= 15 is 0 Å². The highest BCUT2D eigenvalue weighted by Crippen LogP contribution is 2.37. The summed E-state index contributed by atoms with van der Waals surface area (Å²) in [5, 5.41) is 5.95. The molecular formula is C22H34N4O3. The minimum absolute atomic E-state index is 0.0113. The van der Waals surface area contributed by atoms with Crippen LogP contribution in [0.3, 0.4) is 0 Å². The lowest BCUT2D eigenvalue weighted by Gasteiger charge is -2.44. The first-order chi connectivity index (χ1) is 14.1. The predicted molar refractivity (Wildman–Crippen MR) is 113 cm³/mol. The van der Waals surface area contributed by atoms with Crippen LogP contribution in [0.4, 0.5) is 4.79 Å². The number of urea groups is 1. The fraction of sp³-hybridized carbons (Fsp3) is 0.636. The normalized spacial score (nSPS) is 23.1. The lowest BCUT2D eigenvalue weighted by Crippen LogP contribution is -2.55. The molecule has 1 saturated carbocycles. The number of likely N-dealkylation sites (N-methyl/N-ethyl adjacent to an activating group) is 1. The Kier molecular flexibility index (Phi) is 7.36. The van der Waals surface area contributed by atoms with Crippen LogP contribution in [-0.4, -0.2) is 55.0 Å². The molecule has 1 saturated heterocycles. The Bertz CT molecular complexity index is 674. The van der Waals surface area contributed by atoms with Gasteiger partial charge in [0.25, 0.3) is 0 Å². The zero-order valence-electron chi connectivity index (χ0n) is 17.4. The monoisotopic (exact) mass is 402 g/mol. The van der Waals surface area contributed by atoms with Gasteiger partial charge in [-0.3, -0.25) is 4.79 Å². The molecule has 7 heteroatoms. The molecule has 2 aliphatic carbocycles. The van der Waals surface area contributed by atoms with E-state index in [1.165, 1.54) is 19.3 Å². The molecule has 2 fully saturated rings. The number of rotatable bonds is 3. The second kappa shape index (κ2) is 9.96. The number of amides is 2. The number of hydrogen-bond acceptors (Lipinski definition) is 5. The van der Waals surface area contributed by atoms with Crippen LogP contribution in [0, 0.1) is 0 Å². The molecule has 0 bridgehead atoms. The van der Waals surface area contributed by atoms with Gasteiger partial charge in [0.15, 0.2) is 5.78 Å². The molecule has 2 aliphatic heterocycles. The molecule has 0 atom stereocenters. The third kappa shape index (κ3) is 5.41. The standard InChI is InChI=1S/C16H26N4O3.C6H8/c1-18-14-12(21)9-16(23-13(14)10-17)5-7-20(8-6-16)15(22)19-11-3-2-4-11;1-2-4-6-5-3-1/h11,18H,2-10,17H2,1H3,(H,19,22);1-4H,5-6H2. The number of nitrogens with one attached hydrogen (secondary N) is 2. The third-order valence-corrected chi connectivity index (χ3v) is 6.09. The first-order valence-corrected chi connectivity index (χ1v) is 10.8. The molecule has 7 nitrogen and oxygen atoms in total. The highest BCUT2D eigenvalue weighted by Gasteiger charge is 2.44. The summed E-state index contributed by atoms with van der Waals surface area (Å²) in [6.45, 7) is 1.42. The Morgan fingerprint density at radius 1 is 1.24 bits per heavy atom. The molecule has 29 heavy (non-hydrogen) atoms. The summed E-state index contributed by atoms with van der Waals surface area (Å²) in [7, 11) is 1.71. The number of piperidine rings is 1. The average Bonchev–Trinajstić information content (AvgIpc) is 2.72. The Balaban J connectivity index is 0.000000343. The number of ketones is 1. The van der Waals surface area contributed by atoms with E-state index in [9.17, 15) is 9.59 Å². The van der Waals surface area contributed by atoms with E-state index in [4.69, 9.17) is 10.5 Å². The van der Waals surface area contributed by atoms with Gasteiger partial charge in [0.1, 0.15) is 17.1 Å². The van der Waals surface area contributed by atoms with E-state index in [1.54, 1.807) is 7.05 Å². The van der Waals surface area contributed by atoms with Crippen LogP contribution in [0.2, 0.25) is 0 Å². The lowest BCUT2D eigenvalue weighted by atomic mass is 9.83. The van der Waals surface area contributed by atoms with Crippen molar-refractivity contribution in [3.05, 3.63) is 35.8 Å². The van der Waals surface area contributed by atoms with E-state index in [2.05, 4.69) is 34.9 Å². The zero-order valence-corrected chi connectivity index (χ0v) is 17.4. The van der Waals surface area contributed by atoms with Crippen LogP contribution in [0.25, 0.3) is 0 Å². The van der Waals surface area contributed by atoms with Gasteiger partial charge in [-0.05, 0) is 32.1 Å². The van der Waals surface area contributed by atoms with E-state index in [-0.39, 0.29) is 18.4 Å². The lowest BCUT2D eigenvalue weighted by molar-refractivity contribution is -0.129. The molecule has 1 spiro atoms. The van der Waals surface area contributed by atoms with Crippen molar-refractivity contribution in [1.29, 1.82) is 0 Å². The van der Waals surface area contributed by atoms with Crippen molar-refractivity contribution in [2.45, 2.75) is 63.0 Å². The number of Topliss-reactive ketones (excluding diaryl/α,β-unsaturated/α-hetero) is 1. The minimum atomic E-state index is -0.501. The molecular weight excluding hydrogens is 368 g/mol. The minimum Gasteiger partial charge on any atom is -0.487 e. The summed E-state index contributed by atoms with van der Waals surface area (Å²) in [6, 6.07) is 0.355. The number of carbonyl (C=O) groups excluding carboxylic acids is 2. The second-order valence-electron chi connectivity index (χ2n) is 8.14. The molecule has 0 aromatic rings. The number of allylic oxidation sites excluding steroid dienone is 5. The van der Waals surface area contributed by atoms with Gasteiger partial charge in [-0.15, -0.1) is 0 Å². The number of nitrogens with two attached hydrogens (primary N) is 1. The molecule has 0 aromatic heterocycles. The maximum Gasteiger partial charge on any atom is 0.317 e. The summed E-state index contributed by atoms with van der Waals surface area (Å²) in [5.74, 6) is 0.586. The topological polar surface area (TPSA) is 96.7 Å². The SMILES string of the molecule is C1=CCCC=C1.CNC1=C(CN)OC2(CCN(C(=O)NC3CCC3)CC2)CC1=O. The maximum atomic E-state index is 12.3. The molecule has 4 aliphatic rings. The first-order valence-electron chi connectivity index (χ1n) is 10.8. The molecule has 0 radical (unpaired) electrons. The fourth-order valence-corrected chi connectivity index (χ4v) is 4.06. The average molecular weight is 403 g/mol. The zero-order chi connectivity index (χ0) is 20.7. The molecule has 0 unspecified atom stereocenters. The molecule has 0 aromatic carbocycles. The van der Waals surface area contributed by atoms with Crippen molar-refractivity contribution in [1.82, 2.24) is 15.5 Å². The Hall–Kier alpha value is -2.28. The summed E-state index contributed by atoms with van der Waals surface area (Å²) in [5.41, 5.74) is 5.71. The van der Waals surface area contributed by atoms with Crippen LogP contribution >= 0.6 is 0 Å². The van der Waals surface area contributed by atoms with E-state index in [1.807, 2.05) is 4.90 Å². The maximum absolute atomic E-state index is 12.3. The van der Waals surface area contributed by atoms with Crippen molar-refractivity contribution in [3.8, 4) is 0 Å². The van der Waals surface area contributed by atoms with Crippen LogP contribution in [-0.2, 0) is 9.53 Å². The van der Waals surface area contributed by atoms with Crippen molar-refractivity contribution < 1.29 is 14.3 Å². The van der Waals surface area contributed by atoms with Gasteiger partial charge >= 0.3 is 6.03 Å². The van der Waals surface area contributed by atoms with Gasteiger partial charge in [0.2, 0.25) is 0 Å². The van der Waals surface area contributed by atoms with Gasteiger partial charge < -0.3 is 26.0 Å². The van der Waals surface area contributed by atoms with Crippen LogP contribution in [0.1, 0.15) is 51.4 Å². The van der Waals surface area contributed by atoms with Gasteiger partial charge in [-0.2, -0.15) is 0 Å². The fourth-order valence-electron chi connectivity index (χ4n) is 4.06. The summed E-state index contributed by atoms with van der Waals surface area (Å²) in [4.78, 5) is 26.4. The van der Waals surface area contributed by atoms with E-state index in [0.29, 0.717) is 49.9 Å². The Morgan fingerprint density at radius 2 is 1.90 bits per heavy atom. The number of nitrogens with zero attached hydrogens (tertiary/aromatic N) is 1. The molecule has 2 amide bonds. The smallest absolute Gasteiger partial charge is 0.317 e. The number of likely N-dealkylation sites (tertiary alicyclic amines) is 1. The van der Waals surface area contributed by atoms with Crippen molar-refractivity contribution >= 4 is 11.8 Å². The molecule has 4 rings (SSSR count). The van der Waals surface area contributed by atoms with Crippen LogP contribution < -0.4 is 16.4 Å². The summed E-state index contributed by atoms with van der Waals surface area (Å²) < 4.78 is 6.09. The Morgan fingerprint density at radius 3 is 2.34 bits per heavy atom. The first kappa shape index (κ1) is 21.4. The number of hydrogen-bond donors (Lipinski definition) is 3. The number of carbonyl (C=O) groups is 2. The molecule has 4 N–H and O–H groups in total. The van der Waals surface area contributed by atoms with Crippen LogP contribution in [0.5, 0.6) is 0 Å². The van der Waals surface area contributed by atoms with Gasteiger partial charge in [0.05, 0.1) is 13.0 Å². The van der Waals surface area contributed by atoms with Crippen molar-refractivity contribution in [2.24, 2.45) is 5.73 Å². The summed E-state index contributed by atoms with van der Waals surface area (Å²) in [6.07, 6.45) is 16.0. The number of ether oxygens (including phenoxy) is 1. The molecule has 160 valence electrons. The molecule has 2 heterocycles. The highest BCUT2D eigenvalue weighted by atomic mass is 16.5. The quantitative estimate of drug-likeness (QED) is 0.673. The Labute approximate surface area is 173 Å². The second-order valence-corrected chi connectivity index (χ2v) is 8.14. The highest BCUT2D eigenvalue weighted by molar-refractivity contribution is 5.96. The van der Waals surface area contributed by atoms with Crippen molar-refractivity contribution in [2.75, 3.05) is 26.7 Å². The third-order valence-electron chi connectivity index (χ3n) is 6.09. The van der Waals surface area contributed by atoms with Gasteiger partial charge in [-0.1, -0.05) is 24.3 Å². The summed E-state index contributed by atoms with van der Waals surface area (Å²) >= 11 is 0. The largest absolute Gasteiger partial charge is 0.487 e. The van der Waals surface area contributed by atoms with Crippen LogP contribution in [0.15, 0.2) is 35.8 Å².